The molecule has 0 saturated heterocycles. The number of rotatable bonds is 10. The van der Waals surface area contributed by atoms with E-state index < -0.39 is 23.5 Å². The molecule has 222 valence electrons. The predicted molar refractivity (Wildman–Crippen MR) is 171 cm³/mol. The Morgan fingerprint density at radius 2 is 1.81 bits per heavy atom. The first-order valence-electron chi connectivity index (χ1n) is 13.5. The zero-order chi connectivity index (χ0) is 31.3. The minimum atomic E-state index is -0.678. The normalized spacial score (nSPS) is 13.3. The molecular weight excluding hydrogens is 532 g/mol. The molecule has 3 amide bonds. The lowest BCUT2D eigenvalue weighted by atomic mass is 9.95. The number of benzene rings is 1. The molecule has 5 N–H and O–H groups in total. The number of carbonyl (C=O) groups is 3. The van der Waals surface area contributed by atoms with Gasteiger partial charge in [0.25, 0.3) is 0 Å². The summed E-state index contributed by atoms with van der Waals surface area (Å²) in [4.78, 5) is 45.4. The molecule has 1 heterocycles. The highest BCUT2D eigenvalue weighted by molar-refractivity contribution is 6.06. The lowest BCUT2D eigenvalue weighted by molar-refractivity contribution is -0.116. The van der Waals surface area contributed by atoms with Crippen molar-refractivity contribution in [3.8, 4) is 0 Å². The van der Waals surface area contributed by atoms with Gasteiger partial charge in [-0.2, -0.15) is 0 Å². The summed E-state index contributed by atoms with van der Waals surface area (Å²) in [5, 5.41) is 9.38. The van der Waals surface area contributed by atoms with Crippen molar-refractivity contribution in [2.24, 2.45) is 10.7 Å². The van der Waals surface area contributed by atoms with E-state index in [1.54, 1.807) is 33.0 Å². The number of allylic oxidation sites excluding steroid dienone is 7. The second-order valence-corrected chi connectivity index (χ2v) is 10.2. The highest BCUT2D eigenvalue weighted by atomic mass is 16.6. The second kappa shape index (κ2) is 15.7. The molecule has 1 aromatic carbocycles. The van der Waals surface area contributed by atoms with Crippen molar-refractivity contribution >= 4 is 52.0 Å². The summed E-state index contributed by atoms with van der Waals surface area (Å²) < 4.78 is 5.48. The quantitative estimate of drug-likeness (QED) is 0.156. The van der Waals surface area contributed by atoms with Crippen LogP contribution in [0.4, 0.5) is 16.3 Å². The van der Waals surface area contributed by atoms with Gasteiger partial charge in [0.1, 0.15) is 11.4 Å². The number of hydrogen-bond donors (Lipinski definition) is 4. The van der Waals surface area contributed by atoms with Crippen molar-refractivity contribution in [2.75, 3.05) is 17.7 Å². The summed E-state index contributed by atoms with van der Waals surface area (Å²) in [6, 6.07) is 5.53. The molecule has 0 aliphatic heterocycles. The summed E-state index contributed by atoms with van der Waals surface area (Å²) in [6.45, 7) is 11.4. The standard InChI is InChI=1S/C32H40N6O4/c1-8-10-11-12-21(3)25(9-2)22-15-23-17-28(38-30(40)14-13-29(39)36-24(18-33)19-34-7)35-20-26(23)27(16-22)37-31(41)42-32(4,5)6/h9-20H,8,33H2,1-7H3,(H,36,39)(H,37,41)(H,35,38,40)/b11-10+,14-13+,21-12-,24-18?,25-9+,34-19?. The van der Waals surface area contributed by atoms with Crippen LogP contribution in [0, 0.1) is 0 Å². The minimum Gasteiger partial charge on any atom is -0.444 e. The minimum absolute atomic E-state index is 0.263. The zero-order valence-corrected chi connectivity index (χ0v) is 25.2. The monoisotopic (exact) mass is 572 g/mol. The number of ether oxygens (including phenoxy) is 1. The summed E-state index contributed by atoms with van der Waals surface area (Å²) in [7, 11) is 1.54. The van der Waals surface area contributed by atoms with Crippen LogP contribution in [0.25, 0.3) is 16.3 Å². The van der Waals surface area contributed by atoms with Gasteiger partial charge in [0.15, 0.2) is 0 Å². The Hall–Kier alpha value is -4.99. The van der Waals surface area contributed by atoms with Crippen molar-refractivity contribution < 1.29 is 19.1 Å². The maximum atomic E-state index is 12.7. The van der Waals surface area contributed by atoms with E-state index in [-0.39, 0.29) is 5.82 Å². The average Bonchev–Trinajstić information content (AvgIpc) is 2.91. The van der Waals surface area contributed by atoms with Crippen LogP contribution in [-0.4, -0.2) is 41.8 Å². The molecule has 0 bridgehead atoms. The Labute approximate surface area is 247 Å². The number of pyridine rings is 1. The molecule has 1 aromatic heterocycles. The number of carbonyl (C=O) groups excluding carboxylic acids is 3. The van der Waals surface area contributed by atoms with Crippen LogP contribution in [0.1, 0.15) is 53.5 Å². The summed E-state index contributed by atoms with van der Waals surface area (Å²) in [6.07, 6.45) is 14.7. The third kappa shape index (κ3) is 10.5. The van der Waals surface area contributed by atoms with Crippen LogP contribution < -0.4 is 21.7 Å². The van der Waals surface area contributed by atoms with Crippen LogP contribution >= 0.6 is 0 Å². The van der Waals surface area contributed by atoms with Gasteiger partial charge in [-0.3, -0.25) is 19.9 Å². The number of fused-ring (bicyclic) bond motifs is 1. The topological polar surface area (TPSA) is 148 Å². The number of hydrogen-bond acceptors (Lipinski definition) is 7. The van der Waals surface area contributed by atoms with Crippen molar-refractivity contribution in [3.05, 3.63) is 83.9 Å². The molecule has 0 aliphatic rings. The van der Waals surface area contributed by atoms with Crippen molar-refractivity contribution in [1.82, 2.24) is 10.3 Å². The zero-order valence-electron chi connectivity index (χ0n) is 25.2. The maximum absolute atomic E-state index is 12.7. The molecular formula is C32H40N6O4. The number of anilines is 2. The summed E-state index contributed by atoms with van der Waals surface area (Å²) in [5.74, 6) is -0.844. The van der Waals surface area contributed by atoms with Gasteiger partial charge in [0.2, 0.25) is 11.8 Å². The molecule has 0 radical (unpaired) electrons. The number of nitrogens with two attached hydrogens (primary N) is 1. The first-order valence-corrected chi connectivity index (χ1v) is 13.5. The number of aromatic nitrogens is 1. The molecule has 2 aromatic rings. The van der Waals surface area contributed by atoms with Gasteiger partial charge in [-0.05, 0) is 81.3 Å². The smallest absolute Gasteiger partial charge is 0.412 e. The first-order chi connectivity index (χ1) is 19.9. The molecule has 42 heavy (non-hydrogen) atoms. The number of amides is 3. The largest absolute Gasteiger partial charge is 0.444 e. The van der Waals surface area contributed by atoms with Crippen LogP contribution in [0.15, 0.2) is 83.3 Å². The number of nitrogens with zero attached hydrogens (tertiary/aromatic N) is 2. The third-order valence-corrected chi connectivity index (χ3v) is 5.57. The summed E-state index contributed by atoms with van der Waals surface area (Å²) in [5.41, 5.74) is 8.43. The Morgan fingerprint density at radius 3 is 2.43 bits per heavy atom. The lowest BCUT2D eigenvalue weighted by Gasteiger charge is -2.21. The fourth-order valence-electron chi connectivity index (χ4n) is 3.82. The SMILES string of the molecule is C\C=C(/C(C)=C\C=C\CC)c1cc(NC(=O)OC(C)(C)C)c2cnc(NC(=O)/C=C/C(=O)NC(C=NC)=CN)cc2c1. The predicted octanol–water partition coefficient (Wildman–Crippen LogP) is 6.01. The molecule has 10 nitrogen and oxygen atoms in total. The van der Waals surface area contributed by atoms with Crippen LogP contribution in [0.2, 0.25) is 0 Å². The molecule has 2 rings (SSSR count). The van der Waals surface area contributed by atoms with E-state index in [9.17, 15) is 14.4 Å². The van der Waals surface area contributed by atoms with Gasteiger partial charge in [0.05, 0.1) is 11.4 Å². The lowest BCUT2D eigenvalue weighted by Crippen LogP contribution is -2.27. The molecule has 0 saturated carbocycles. The first kappa shape index (κ1) is 33.2. The van der Waals surface area contributed by atoms with Gasteiger partial charge in [-0.15, -0.1) is 0 Å². The third-order valence-electron chi connectivity index (χ3n) is 5.57. The van der Waals surface area contributed by atoms with E-state index in [1.807, 2.05) is 44.2 Å². The maximum Gasteiger partial charge on any atom is 0.412 e. The van der Waals surface area contributed by atoms with Crippen LogP contribution in [-0.2, 0) is 14.3 Å². The Bertz CT molecular complexity index is 1490. The molecule has 0 spiro atoms. The Kier molecular flexibility index (Phi) is 12.4. The molecule has 10 heteroatoms. The van der Waals surface area contributed by atoms with Gasteiger partial charge in [0, 0.05) is 43.2 Å². The van der Waals surface area contributed by atoms with Gasteiger partial charge >= 0.3 is 6.09 Å². The van der Waals surface area contributed by atoms with Gasteiger partial charge in [-0.25, -0.2) is 9.78 Å². The van der Waals surface area contributed by atoms with Gasteiger partial charge in [-0.1, -0.05) is 31.2 Å². The van der Waals surface area contributed by atoms with Crippen molar-refractivity contribution in [3.63, 3.8) is 0 Å². The van der Waals surface area contributed by atoms with E-state index >= 15 is 0 Å². The van der Waals surface area contributed by atoms with E-state index in [0.717, 1.165) is 40.7 Å². The number of aliphatic imine (C=N–C) groups is 1. The van der Waals surface area contributed by atoms with E-state index in [1.165, 1.54) is 19.5 Å². The fourth-order valence-corrected chi connectivity index (χ4v) is 3.82. The summed E-state index contributed by atoms with van der Waals surface area (Å²) >= 11 is 0. The molecule has 0 fully saturated rings. The van der Waals surface area contributed by atoms with Gasteiger partial charge < -0.3 is 21.1 Å². The number of nitrogens with one attached hydrogen (secondary N) is 3. The average molecular weight is 573 g/mol. The Balaban J connectivity index is 2.46. The van der Waals surface area contributed by atoms with Crippen molar-refractivity contribution in [2.45, 2.75) is 53.6 Å². The van der Waals surface area contributed by atoms with Crippen molar-refractivity contribution in [1.29, 1.82) is 0 Å². The molecule has 0 atom stereocenters. The van der Waals surface area contributed by atoms with E-state index in [2.05, 4.69) is 38.9 Å². The molecule has 0 unspecified atom stereocenters. The second-order valence-electron chi connectivity index (χ2n) is 10.2. The van der Waals surface area contributed by atoms with Crippen LogP contribution in [0.5, 0.6) is 0 Å². The van der Waals surface area contributed by atoms with Crippen LogP contribution in [0.3, 0.4) is 0 Å². The van der Waals surface area contributed by atoms with E-state index in [0.29, 0.717) is 16.8 Å². The molecule has 0 aliphatic carbocycles. The fraction of sp³-hybridized carbons (Fsp3) is 0.281. The Morgan fingerprint density at radius 1 is 1.10 bits per heavy atom. The highest BCUT2D eigenvalue weighted by Gasteiger charge is 2.18. The van der Waals surface area contributed by atoms with E-state index in [4.69, 9.17) is 10.5 Å². The highest BCUT2D eigenvalue weighted by Crippen LogP contribution is 2.33.